The Hall–Kier alpha value is -1.32. The molecule has 0 heterocycles. The van der Waals surface area contributed by atoms with Crippen LogP contribution in [0.4, 0.5) is 5.69 Å². The number of ether oxygens (including phenoxy) is 1. The first-order valence-electron chi connectivity index (χ1n) is 6.42. The molecule has 3 heteroatoms. The second kappa shape index (κ2) is 7.31. The van der Waals surface area contributed by atoms with Crippen molar-refractivity contribution < 1.29 is 4.74 Å². The van der Waals surface area contributed by atoms with Crippen molar-refractivity contribution in [3.8, 4) is 0 Å². The number of nitrogens with two attached hydrogens (primary N) is 1. The van der Waals surface area contributed by atoms with E-state index >= 15 is 0 Å². The van der Waals surface area contributed by atoms with Crippen molar-refractivity contribution in [1.29, 1.82) is 0 Å². The molecule has 19 heavy (non-hydrogen) atoms. The van der Waals surface area contributed by atoms with Gasteiger partial charge in [-0.25, -0.2) is 0 Å². The van der Waals surface area contributed by atoms with Crippen LogP contribution in [0.15, 0.2) is 53.0 Å². The van der Waals surface area contributed by atoms with Crippen LogP contribution in [-0.2, 0) is 17.8 Å². The summed E-state index contributed by atoms with van der Waals surface area (Å²) in [4.78, 5) is 0. The molecule has 2 aromatic rings. The molecule has 0 radical (unpaired) electrons. The number of halogens is 1. The Morgan fingerprint density at radius 1 is 1.00 bits per heavy atom. The fourth-order valence-corrected chi connectivity index (χ4v) is 2.42. The van der Waals surface area contributed by atoms with Gasteiger partial charge in [-0.05, 0) is 30.5 Å². The van der Waals surface area contributed by atoms with Crippen molar-refractivity contribution in [3.63, 3.8) is 0 Å². The fourth-order valence-electron chi connectivity index (χ4n) is 1.92. The van der Waals surface area contributed by atoms with Gasteiger partial charge < -0.3 is 10.5 Å². The van der Waals surface area contributed by atoms with Crippen LogP contribution < -0.4 is 5.73 Å². The van der Waals surface area contributed by atoms with E-state index in [1.807, 2.05) is 24.3 Å². The molecule has 0 saturated carbocycles. The van der Waals surface area contributed by atoms with E-state index in [0.29, 0.717) is 6.61 Å². The molecular weight excluding hydrogens is 302 g/mol. The van der Waals surface area contributed by atoms with Crippen molar-refractivity contribution in [1.82, 2.24) is 0 Å². The van der Waals surface area contributed by atoms with E-state index in [1.165, 1.54) is 5.56 Å². The summed E-state index contributed by atoms with van der Waals surface area (Å²) in [7, 11) is 0. The number of hydrogen-bond donors (Lipinski definition) is 1. The third-order valence-corrected chi connectivity index (χ3v) is 3.74. The van der Waals surface area contributed by atoms with Gasteiger partial charge >= 0.3 is 0 Å². The van der Waals surface area contributed by atoms with Gasteiger partial charge in [0.1, 0.15) is 0 Å². The van der Waals surface area contributed by atoms with Crippen LogP contribution in [0, 0.1) is 0 Å². The molecule has 100 valence electrons. The summed E-state index contributed by atoms with van der Waals surface area (Å²) in [6.45, 7) is 1.30. The molecule has 2 rings (SSSR count). The summed E-state index contributed by atoms with van der Waals surface area (Å²) in [6, 6.07) is 16.3. The molecule has 0 amide bonds. The summed E-state index contributed by atoms with van der Waals surface area (Å²) < 4.78 is 6.70. The number of nitrogen functional groups attached to an aromatic ring is 1. The summed E-state index contributed by atoms with van der Waals surface area (Å²) >= 11 is 3.49. The van der Waals surface area contributed by atoms with Crippen LogP contribution in [0.1, 0.15) is 17.5 Å². The molecular formula is C16H18BrNO. The average Bonchev–Trinajstić information content (AvgIpc) is 2.42. The largest absolute Gasteiger partial charge is 0.398 e. The molecule has 0 aliphatic rings. The molecule has 0 saturated heterocycles. The van der Waals surface area contributed by atoms with Gasteiger partial charge in [-0.3, -0.25) is 0 Å². The SMILES string of the molecule is Nc1cccc(Br)c1COCCCc1ccccc1. The quantitative estimate of drug-likeness (QED) is 0.640. The Balaban J connectivity index is 1.73. The minimum absolute atomic E-state index is 0.558. The summed E-state index contributed by atoms with van der Waals surface area (Å²) in [6.07, 6.45) is 2.07. The van der Waals surface area contributed by atoms with Gasteiger partial charge in [0.2, 0.25) is 0 Å². The third kappa shape index (κ3) is 4.37. The van der Waals surface area contributed by atoms with Crippen molar-refractivity contribution in [2.24, 2.45) is 0 Å². The zero-order valence-corrected chi connectivity index (χ0v) is 12.4. The zero-order chi connectivity index (χ0) is 13.5. The Labute approximate surface area is 122 Å². The second-order valence-corrected chi connectivity index (χ2v) is 5.30. The minimum atomic E-state index is 0.558. The highest BCUT2D eigenvalue weighted by atomic mass is 79.9. The van der Waals surface area contributed by atoms with Crippen LogP contribution in [0.3, 0.4) is 0 Å². The van der Waals surface area contributed by atoms with Crippen LogP contribution in [0.25, 0.3) is 0 Å². The van der Waals surface area contributed by atoms with Gasteiger partial charge in [0.15, 0.2) is 0 Å². The van der Waals surface area contributed by atoms with Crippen molar-refractivity contribution in [3.05, 3.63) is 64.1 Å². The Bertz CT molecular complexity index is 493. The van der Waals surface area contributed by atoms with Crippen molar-refractivity contribution >= 4 is 21.6 Å². The molecule has 0 aliphatic carbocycles. The van der Waals surface area contributed by atoms with Gasteiger partial charge in [-0.2, -0.15) is 0 Å². The topological polar surface area (TPSA) is 35.2 Å². The molecule has 0 bridgehead atoms. The monoisotopic (exact) mass is 319 g/mol. The minimum Gasteiger partial charge on any atom is -0.398 e. The normalized spacial score (nSPS) is 10.6. The molecule has 2 aromatic carbocycles. The molecule has 2 N–H and O–H groups in total. The second-order valence-electron chi connectivity index (χ2n) is 4.45. The van der Waals surface area contributed by atoms with Crippen LogP contribution in [0.5, 0.6) is 0 Å². The highest BCUT2D eigenvalue weighted by molar-refractivity contribution is 9.10. The molecule has 0 atom stereocenters. The van der Waals surface area contributed by atoms with E-state index in [9.17, 15) is 0 Å². The highest BCUT2D eigenvalue weighted by Crippen LogP contribution is 2.23. The van der Waals surface area contributed by atoms with E-state index in [4.69, 9.17) is 10.5 Å². The summed E-state index contributed by atoms with van der Waals surface area (Å²) in [5.74, 6) is 0. The lowest BCUT2D eigenvalue weighted by atomic mass is 10.1. The molecule has 2 nitrogen and oxygen atoms in total. The number of hydrogen-bond acceptors (Lipinski definition) is 2. The molecule has 0 spiro atoms. The van der Waals surface area contributed by atoms with Gasteiger partial charge in [0, 0.05) is 22.3 Å². The van der Waals surface area contributed by atoms with E-state index in [2.05, 4.69) is 40.2 Å². The van der Waals surface area contributed by atoms with Crippen LogP contribution in [-0.4, -0.2) is 6.61 Å². The lowest BCUT2D eigenvalue weighted by Crippen LogP contribution is -2.01. The molecule has 0 unspecified atom stereocenters. The number of benzene rings is 2. The Morgan fingerprint density at radius 2 is 1.79 bits per heavy atom. The van der Waals surface area contributed by atoms with Crippen molar-refractivity contribution in [2.75, 3.05) is 12.3 Å². The number of rotatable bonds is 6. The smallest absolute Gasteiger partial charge is 0.0748 e. The maximum Gasteiger partial charge on any atom is 0.0748 e. The fraction of sp³-hybridized carbons (Fsp3) is 0.250. The van der Waals surface area contributed by atoms with Gasteiger partial charge in [-0.1, -0.05) is 52.3 Å². The molecule has 0 aliphatic heterocycles. The van der Waals surface area contributed by atoms with Crippen molar-refractivity contribution in [2.45, 2.75) is 19.4 Å². The van der Waals surface area contributed by atoms with Crippen LogP contribution >= 0.6 is 15.9 Å². The van der Waals surface area contributed by atoms with E-state index in [1.54, 1.807) is 0 Å². The van der Waals surface area contributed by atoms with Crippen LogP contribution in [0.2, 0.25) is 0 Å². The van der Waals surface area contributed by atoms with Gasteiger partial charge in [0.25, 0.3) is 0 Å². The first kappa shape index (κ1) is 14.1. The number of aryl methyl sites for hydroxylation is 1. The standard InChI is InChI=1S/C16H18BrNO/c17-15-9-4-10-16(18)14(15)12-19-11-5-8-13-6-2-1-3-7-13/h1-4,6-7,9-10H,5,8,11-12,18H2. The lowest BCUT2D eigenvalue weighted by Gasteiger charge is -2.09. The predicted octanol–water partition coefficient (Wildman–Crippen LogP) is 4.18. The van der Waals surface area contributed by atoms with Gasteiger partial charge in [0.05, 0.1) is 6.61 Å². The number of anilines is 1. The highest BCUT2D eigenvalue weighted by Gasteiger charge is 2.03. The van der Waals surface area contributed by atoms with Gasteiger partial charge in [-0.15, -0.1) is 0 Å². The summed E-state index contributed by atoms with van der Waals surface area (Å²) in [5, 5.41) is 0. The molecule has 0 aromatic heterocycles. The lowest BCUT2D eigenvalue weighted by molar-refractivity contribution is 0.118. The zero-order valence-electron chi connectivity index (χ0n) is 10.8. The maximum absolute atomic E-state index is 5.92. The van der Waals surface area contributed by atoms with E-state index in [0.717, 1.165) is 35.2 Å². The Kier molecular flexibility index (Phi) is 5.43. The third-order valence-electron chi connectivity index (χ3n) is 3.00. The molecule has 0 fully saturated rings. The Morgan fingerprint density at radius 3 is 2.53 bits per heavy atom. The average molecular weight is 320 g/mol. The maximum atomic E-state index is 5.92. The first-order chi connectivity index (χ1) is 9.27. The van der Waals surface area contributed by atoms with E-state index in [-0.39, 0.29) is 0 Å². The predicted molar refractivity (Wildman–Crippen MR) is 83.0 cm³/mol. The first-order valence-corrected chi connectivity index (χ1v) is 7.21. The summed E-state index contributed by atoms with van der Waals surface area (Å²) in [5.41, 5.74) is 9.08. The van der Waals surface area contributed by atoms with E-state index < -0.39 is 0 Å².